The van der Waals surface area contributed by atoms with Crippen molar-refractivity contribution >= 4 is 17.4 Å². The van der Waals surface area contributed by atoms with Crippen molar-refractivity contribution < 1.29 is 14.0 Å². The third-order valence-corrected chi connectivity index (χ3v) is 3.39. The largest absolute Gasteiger partial charge is 0.305 e. The Balaban J connectivity index is 1.90. The van der Waals surface area contributed by atoms with Crippen LogP contribution in [0.1, 0.15) is 29.6 Å². The van der Waals surface area contributed by atoms with Gasteiger partial charge in [-0.3, -0.25) is 9.59 Å². The first-order valence-corrected chi connectivity index (χ1v) is 5.82. The first-order valence-electron chi connectivity index (χ1n) is 5.82. The van der Waals surface area contributed by atoms with Gasteiger partial charge < -0.3 is 4.90 Å². The summed E-state index contributed by atoms with van der Waals surface area (Å²) in [5.41, 5.74) is 0.757. The smallest absolute Gasteiger partial charge is 0.299 e. The molecule has 3 rings (SSSR count). The Morgan fingerprint density at radius 1 is 1.29 bits per heavy atom. The lowest BCUT2D eigenvalue weighted by molar-refractivity contribution is -0.114. The van der Waals surface area contributed by atoms with Gasteiger partial charge in [0.15, 0.2) is 0 Å². The van der Waals surface area contributed by atoms with Gasteiger partial charge in [0.2, 0.25) is 0 Å². The third-order valence-electron chi connectivity index (χ3n) is 3.39. The average Bonchev–Trinajstić information content (AvgIpc) is 3.09. The number of hydrogen-bond donors (Lipinski definition) is 0. The fourth-order valence-corrected chi connectivity index (χ4v) is 2.21. The highest BCUT2D eigenvalue weighted by atomic mass is 19.1. The van der Waals surface area contributed by atoms with Crippen LogP contribution in [-0.4, -0.2) is 18.2 Å². The molecule has 0 radical (unpaired) electrons. The van der Waals surface area contributed by atoms with Crippen molar-refractivity contribution in [2.75, 3.05) is 11.4 Å². The molecule has 1 heterocycles. The third kappa shape index (κ3) is 1.73. The van der Waals surface area contributed by atoms with Crippen LogP contribution < -0.4 is 4.90 Å². The Hall–Kier alpha value is -1.71. The molecule has 1 aromatic carbocycles. The van der Waals surface area contributed by atoms with Crippen molar-refractivity contribution in [2.45, 2.75) is 19.3 Å². The number of halogens is 1. The van der Waals surface area contributed by atoms with Crippen LogP contribution in [0.25, 0.3) is 0 Å². The summed E-state index contributed by atoms with van der Waals surface area (Å²) < 4.78 is 13.2. The van der Waals surface area contributed by atoms with Gasteiger partial charge in [-0.2, -0.15) is 0 Å². The summed E-state index contributed by atoms with van der Waals surface area (Å²) in [7, 11) is 0. The number of amides is 1. The Morgan fingerprint density at radius 2 is 2.06 bits per heavy atom. The second kappa shape index (κ2) is 3.65. The molecule has 17 heavy (non-hydrogen) atoms. The molecule has 3 nitrogen and oxygen atoms in total. The lowest BCUT2D eigenvalue weighted by Crippen LogP contribution is -2.30. The molecule has 0 spiro atoms. The molecule has 88 valence electrons. The van der Waals surface area contributed by atoms with Crippen LogP contribution in [0, 0.1) is 11.7 Å². The molecule has 0 unspecified atom stereocenters. The predicted molar refractivity (Wildman–Crippen MR) is 60.4 cm³/mol. The van der Waals surface area contributed by atoms with Crippen molar-refractivity contribution in [1.82, 2.24) is 0 Å². The van der Waals surface area contributed by atoms with E-state index in [1.165, 1.54) is 35.9 Å². The van der Waals surface area contributed by atoms with Crippen LogP contribution in [-0.2, 0) is 4.79 Å². The topological polar surface area (TPSA) is 37.4 Å². The van der Waals surface area contributed by atoms with Crippen molar-refractivity contribution in [2.24, 2.45) is 5.92 Å². The predicted octanol–water partition coefficient (Wildman–Crippen LogP) is 2.16. The van der Waals surface area contributed by atoms with Gasteiger partial charge in [-0.1, -0.05) is 12.8 Å². The van der Waals surface area contributed by atoms with Crippen LogP contribution in [0.2, 0.25) is 0 Å². The maximum absolute atomic E-state index is 13.2. The van der Waals surface area contributed by atoms with Gasteiger partial charge in [-0.05, 0) is 30.5 Å². The zero-order valence-electron chi connectivity index (χ0n) is 9.28. The van der Waals surface area contributed by atoms with E-state index in [0.29, 0.717) is 23.7 Å². The Kier molecular flexibility index (Phi) is 2.24. The second-order valence-electron chi connectivity index (χ2n) is 4.68. The first-order chi connectivity index (χ1) is 8.16. The number of anilines is 1. The minimum absolute atomic E-state index is 0.326. The van der Waals surface area contributed by atoms with Gasteiger partial charge in [-0.25, -0.2) is 4.39 Å². The van der Waals surface area contributed by atoms with Crippen LogP contribution in [0.5, 0.6) is 0 Å². The molecule has 1 aliphatic heterocycles. The summed E-state index contributed by atoms with van der Waals surface area (Å²) in [4.78, 5) is 24.8. The zero-order valence-corrected chi connectivity index (χ0v) is 9.28. The Labute approximate surface area is 98.2 Å². The quantitative estimate of drug-likeness (QED) is 0.750. The Bertz CT molecular complexity index is 508. The number of carbonyl (C=O) groups is 2. The number of hydrogen-bond acceptors (Lipinski definition) is 2. The lowest BCUT2D eigenvalue weighted by Gasteiger charge is -2.15. The van der Waals surface area contributed by atoms with E-state index in [0.717, 1.165) is 6.42 Å². The SMILES string of the molecule is O=C1C(=O)N(CCC2CC2)c2cc(F)ccc21. The molecule has 0 atom stereocenters. The number of carbonyl (C=O) groups excluding carboxylic acids is 2. The van der Waals surface area contributed by atoms with Crippen molar-refractivity contribution in [3.63, 3.8) is 0 Å². The van der Waals surface area contributed by atoms with E-state index in [1.54, 1.807) is 0 Å². The second-order valence-corrected chi connectivity index (χ2v) is 4.68. The Morgan fingerprint density at radius 3 is 2.76 bits per heavy atom. The van der Waals surface area contributed by atoms with E-state index in [9.17, 15) is 14.0 Å². The highest BCUT2D eigenvalue weighted by Gasteiger charge is 2.36. The number of Topliss-reactive ketones (excluding diaryl/α,β-unsaturated/α-hetero) is 1. The summed E-state index contributed by atoms with van der Waals surface area (Å²) in [6, 6.07) is 3.88. The van der Waals surface area contributed by atoms with E-state index < -0.39 is 17.5 Å². The molecule has 4 heteroatoms. The van der Waals surface area contributed by atoms with E-state index in [2.05, 4.69) is 0 Å². The zero-order chi connectivity index (χ0) is 12.0. The molecule has 0 saturated heterocycles. The molecule has 1 aromatic rings. The molecule has 0 bridgehead atoms. The van der Waals surface area contributed by atoms with Crippen LogP contribution in [0.15, 0.2) is 18.2 Å². The fourth-order valence-electron chi connectivity index (χ4n) is 2.21. The van der Waals surface area contributed by atoms with Crippen LogP contribution in [0.3, 0.4) is 0 Å². The first kappa shape index (κ1) is 10.4. The summed E-state index contributed by atoms with van der Waals surface area (Å²) in [5, 5.41) is 0. The molecule has 0 aromatic heterocycles. The summed E-state index contributed by atoms with van der Waals surface area (Å²) in [6.07, 6.45) is 3.30. The standard InChI is InChI=1S/C13H12FNO2/c14-9-3-4-10-11(7-9)15(13(17)12(10)16)6-5-8-1-2-8/h3-4,7-8H,1-2,5-6H2. The minimum Gasteiger partial charge on any atom is -0.305 e. The van der Waals surface area contributed by atoms with Gasteiger partial charge in [0.05, 0.1) is 11.3 Å². The highest BCUT2D eigenvalue weighted by molar-refractivity contribution is 6.52. The van der Waals surface area contributed by atoms with E-state index in [-0.39, 0.29) is 0 Å². The van der Waals surface area contributed by atoms with Gasteiger partial charge in [-0.15, -0.1) is 0 Å². The summed E-state index contributed by atoms with van der Waals surface area (Å²) >= 11 is 0. The highest BCUT2D eigenvalue weighted by Crippen LogP contribution is 2.35. The van der Waals surface area contributed by atoms with Crippen molar-refractivity contribution in [3.05, 3.63) is 29.6 Å². The number of fused-ring (bicyclic) bond motifs is 1. The number of rotatable bonds is 3. The molecule has 2 aliphatic rings. The van der Waals surface area contributed by atoms with Gasteiger partial charge >= 0.3 is 0 Å². The molecule has 1 saturated carbocycles. The maximum Gasteiger partial charge on any atom is 0.299 e. The average molecular weight is 233 g/mol. The van der Waals surface area contributed by atoms with Crippen LogP contribution >= 0.6 is 0 Å². The number of ketones is 1. The minimum atomic E-state index is -0.522. The van der Waals surface area contributed by atoms with Gasteiger partial charge in [0.25, 0.3) is 11.7 Å². The molecule has 1 aliphatic carbocycles. The number of nitrogens with zero attached hydrogens (tertiary/aromatic N) is 1. The summed E-state index contributed by atoms with van der Waals surface area (Å²) in [6.45, 7) is 0.520. The monoisotopic (exact) mass is 233 g/mol. The van der Waals surface area contributed by atoms with Gasteiger partial charge in [0.1, 0.15) is 5.82 Å². The maximum atomic E-state index is 13.2. The summed E-state index contributed by atoms with van der Waals surface area (Å²) in [5.74, 6) is -0.778. The van der Waals surface area contributed by atoms with E-state index in [1.807, 2.05) is 0 Å². The molecule has 0 N–H and O–H groups in total. The van der Waals surface area contributed by atoms with Gasteiger partial charge in [0, 0.05) is 6.54 Å². The van der Waals surface area contributed by atoms with Crippen molar-refractivity contribution in [1.29, 1.82) is 0 Å². The lowest BCUT2D eigenvalue weighted by atomic mass is 10.1. The molecule has 1 fully saturated rings. The molecular weight excluding hydrogens is 221 g/mol. The molecule has 1 amide bonds. The normalized spacial score (nSPS) is 18.8. The molecular formula is C13H12FNO2. The van der Waals surface area contributed by atoms with Crippen LogP contribution in [0.4, 0.5) is 10.1 Å². The van der Waals surface area contributed by atoms with Crippen molar-refractivity contribution in [3.8, 4) is 0 Å². The number of benzene rings is 1. The van der Waals surface area contributed by atoms with E-state index in [4.69, 9.17) is 0 Å². The fraction of sp³-hybridized carbons (Fsp3) is 0.385. The van der Waals surface area contributed by atoms with E-state index >= 15 is 0 Å².